The van der Waals surface area contributed by atoms with Crippen LogP contribution in [0.15, 0.2) is 24.3 Å². The zero-order chi connectivity index (χ0) is 6.69. The molecule has 0 aromatic heterocycles. The van der Waals surface area contributed by atoms with Crippen LogP contribution in [0.4, 0.5) is 0 Å². The van der Waals surface area contributed by atoms with E-state index in [0.717, 1.165) is 11.3 Å². The van der Waals surface area contributed by atoms with Gasteiger partial charge in [-0.25, -0.2) is 0 Å². The monoisotopic (exact) mass is 265 g/mol. The topological polar surface area (TPSA) is 9.23 Å². The summed E-state index contributed by atoms with van der Waals surface area (Å²) in [4.78, 5) is 0. The summed E-state index contributed by atoms with van der Waals surface area (Å²) in [5, 5.41) is 0. The molecule has 58 valence electrons. The first-order valence-electron chi connectivity index (χ1n) is 2.79. The molecule has 3 heteroatoms. The third-order valence-electron chi connectivity index (χ3n) is 1.16. The minimum absolute atomic E-state index is 0. The fourth-order valence-electron chi connectivity index (χ4n) is 0.626. The fourth-order valence-corrected chi connectivity index (χ4v) is 0.626. The summed E-state index contributed by atoms with van der Waals surface area (Å²) in [6, 6.07) is 7.61. The Morgan fingerprint density at radius 2 is 1.64 bits per heavy atom. The third-order valence-corrected chi connectivity index (χ3v) is 1.16. The van der Waals surface area contributed by atoms with Crippen LogP contribution in [0, 0.1) is 6.92 Å². The summed E-state index contributed by atoms with van der Waals surface area (Å²) in [5.41, 5.74) is 1.01. The number of methoxy groups -OCH3 is 1. The Hall–Kier alpha value is -0.00662. The van der Waals surface area contributed by atoms with E-state index in [1.165, 1.54) is 0 Å². The number of benzene rings is 1. The second-order valence-electron chi connectivity index (χ2n) is 1.85. The maximum Gasteiger partial charge on any atom is 0.0943 e. The van der Waals surface area contributed by atoms with Gasteiger partial charge in [0.15, 0.2) is 0 Å². The molecule has 0 spiro atoms. The van der Waals surface area contributed by atoms with E-state index < -0.39 is 0 Å². The number of hydrogen-bond donors (Lipinski definition) is 0. The van der Waals surface area contributed by atoms with Crippen molar-refractivity contribution < 1.29 is 24.2 Å². The Balaban J connectivity index is 0. The van der Waals surface area contributed by atoms with E-state index in [4.69, 9.17) is 4.74 Å². The summed E-state index contributed by atoms with van der Waals surface area (Å²) in [7, 11) is 1.65. The molecular weight excluding hydrogens is 257 g/mol. The third kappa shape index (κ3) is 4.44. The van der Waals surface area contributed by atoms with Gasteiger partial charge in [0.1, 0.15) is 0 Å². The van der Waals surface area contributed by atoms with Gasteiger partial charge in [-0.15, -0.1) is 17.0 Å². The molecular formula is C8H10BrOZn-. The van der Waals surface area contributed by atoms with E-state index >= 15 is 0 Å². The molecule has 0 atom stereocenters. The average Bonchev–Trinajstić information content (AvgIpc) is 1.90. The normalized spacial score (nSPS) is 7.36. The van der Waals surface area contributed by atoms with Crippen LogP contribution < -0.4 is 4.74 Å². The van der Waals surface area contributed by atoms with Crippen LogP contribution in [0.5, 0.6) is 5.75 Å². The first-order chi connectivity index (χ1) is 4.33. The van der Waals surface area contributed by atoms with Crippen LogP contribution in [-0.2, 0) is 19.5 Å². The van der Waals surface area contributed by atoms with Crippen LogP contribution in [0.3, 0.4) is 0 Å². The molecule has 0 saturated carbocycles. The van der Waals surface area contributed by atoms with Crippen molar-refractivity contribution in [2.24, 2.45) is 0 Å². The van der Waals surface area contributed by atoms with Crippen LogP contribution >= 0.6 is 17.0 Å². The molecule has 0 N–H and O–H groups in total. The van der Waals surface area contributed by atoms with Crippen molar-refractivity contribution in [1.29, 1.82) is 0 Å². The Morgan fingerprint density at radius 1 is 1.18 bits per heavy atom. The molecule has 1 rings (SSSR count). The molecule has 0 aliphatic rings. The predicted molar refractivity (Wildman–Crippen MR) is 47.8 cm³/mol. The molecule has 1 aromatic carbocycles. The molecule has 0 amide bonds. The van der Waals surface area contributed by atoms with Crippen molar-refractivity contribution in [1.82, 2.24) is 0 Å². The van der Waals surface area contributed by atoms with Gasteiger partial charge in [-0.2, -0.15) is 24.6 Å². The van der Waals surface area contributed by atoms with Gasteiger partial charge in [-0.3, -0.25) is 0 Å². The van der Waals surface area contributed by atoms with E-state index in [0.29, 0.717) is 0 Å². The van der Waals surface area contributed by atoms with Crippen molar-refractivity contribution in [2.45, 2.75) is 0 Å². The van der Waals surface area contributed by atoms with Gasteiger partial charge >= 0.3 is 0 Å². The minimum Gasteiger partial charge on any atom is -0.499 e. The van der Waals surface area contributed by atoms with Gasteiger partial charge < -0.3 is 4.74 Å². The van der Waals surface area contributed by atoms with Crippen molar-refractivity contribution in [3.8, 4) is 5.75 Å². The molecule has 0 heterocycles. The van der Waals surface area contributed by atoms with E-state index in [-0.39, 0.29) is 36.5 Å². The van der Waals surface area contributed by atoms with E-state index in [2.05, 4.69) is 6.92 Å². The van der Waals surface area contributed by atoms with Crippen LogP contribution in [0.25, 0.3) is 0 Å². The smallest absolute Gasteiger partial charge is 0.0943 e. The van der Waals surface area contributed by atoms with Crippen molar-refractivity contribution in [3.05, 3.63) is 36.8 Å². The summed E-state index contributed by atoms with van der Waals surface area (Å²) >= 11 is 0. The first kappa shape index (κ1) is 13.6. The Kier molecular flexibility index (Phi) is 8.25. The quantitative estimate of drug-likeness (QED) is 0.561. The Morgan fingerprint density at radius 3 is 2.00 bits per heavy atom. The summed E-state index contributed by atoms with van der Waals surface area (Å²) in [5.74, 6) is 0.877. The first-order valence-corrected chi connectivity index (χ1v) is 2.79. The van der Waals surface area contributed by atoms with E-state index in [1.807, 2.05) is 24.3 Å². The molecule has 1 nitrogen and oxygen atoms in total. The van der Waals surface area contributed by atoms with Crippen molar-refractivity contribution in [2.75, 3.05) is 7.11 Å². The molecule has 0 saturated heterocycles. The van der Waals surface area contributed by atoms with E-state index in [1.54, 1.807) is 7.11 Å². The fraction of sp³-hybridized carbons (Fsp3) is 0.125. The number of rotatable bonds is 1. The minimum atomic E-state index is 0. The van der Waals surface area contributed by atoms with Gasteiger partial charge in [0, 0.05) is 19.5 Å². The SMILES string of the molecule is Br.[CH2-]c1ccc(OC)cc1.[Zn]. The van der Waals surface area contributed by atoms with Gasteiger partial charge in [-0.1, -0.05) is 12.1 Å². The summed E-state index contributed by atoms with van der Waals surface area (Å²) < 4.78 is 4.94. The Bertz CT molecular complexity index is 186. The zero-order valence-electron chi connectivity index (χ0n) is 6.54. The molecule has 0 unspecified atom stereocenters. The number of halogens is 1. The van der Waals surface area contributed by atoms with E-state index in [9.17, 15) is 0 Å². The zero-order valence-corrected chi connectivity index (χ0v) is 11.2. The summed E-state index contributed by atoms with van der Waals surface area (Å²) in [6.07, 6.45) is 0. The van der Waals surface area contributed by atoms with Crippen LogP contribution in [0.1, 0.15) is 5.56 Å². The molecule has 0 bridgehead atoms. The molecule has 0 aliphatic carbocycles. The second-order valence-corrected chi connectivity index (χ2v) is 1.85. The van der Waals surface area contributed by atoms with Crippen LogP contribution in [0.2, 0.25) is 0 Å². The van der Waals surface area contributed by atoms with Crippen LogP contribution in [-0.4, -0.2) is 7.11 Å². The average molecular weight is 267 g/mol. The van der Waals surface area contributed by atoms with Gasteiger partial charge in [0.25, 0.3) is 0 Å². The Labute approximate surface area is 90.7 Å². The summed E-state index contributed by atoms with van der Waals surface area (Å²) in [6.45, 7) is 3.74. The molecule has 11 heavy (non-hydrogen) atoms. The maximum atomic E-state index is 4.94. The molecule has 0 aliphatic heterocycles. The maximum absolute atomic E-state index is 4.94. The number of ether oxygens (including phenoxy) is 1. The van der Waals surface area contributed by atoms with Gasteiger partial charge in [-0.05, 0) is 0 Å². The van der Waals surface area contributed by atoms with Crippen molar-refractivity contribution >= 4 is 17.0 Å². The second kappa shape index (κ2) is 6.69. The molecule has 0 radical (unpaired) electrons. The molecule has 1 aromatic rings. The predicted octanol–water partition coefficient (Wildman–Crippen LogP) is 2.45. The van der Waals surface area contributed by atoms with Gasteiger partial charge in [0.05, 0.1) is 12.9 Å². The number of hydrogen-bond acceptors (Lipinski definition) is 1. The van der Waals surface area contributed by atoms with Gasteiger partial charge in [0.2, 0.25) is 0 Å². The van der Waals surface area contributed by atoms with Crippen molar-refractivity contribution in [3.63, 3.8) is 0 Å². The largest absolute Gasteiger partial charge is 0.499 e. The standard InChI is InChI=1S/C8H9O.BrH.Zn/c1-7-3-5-8(9-2)6-4-7;;/h3-6H,1H2,2H3;1H;/q-1;;. The molecule has 0 fully saturated rings.